The fourth-order valence-electron chi connectivity index (χ4n) is 3.77. The molecule has 0 radical (unpaired) electrons. The molecule has 2 fully saturated rings. The fourth-order valence-corrected chi connectivity index (χ4v) is 5.50. The molecular weight excluding hydrogens is 366 g/mol. The summed E-state index contributed by atoms with van der Waals surface area (Å²) in [7, 11) is -1.03. The minimum absolute atomic E-state index is 0.0267. The van der Waals surface area contributed by atoms with Crippen LogP contribution in [0.1, 0.15) is 19.3 Å². The Bertz CT molecular complexity index is 781. The van der Waals surface area contributed by atoms with Crippen molar-refractivity contribution in [3.8, 4) is 0 Å². The third kappa shape index (κ3) is 5.00. The minimum atomic E-state index is -3.04. The second-order valence-electron chi connectivity index (χ2n) is 7.41. The Morgan fingerprint density at radius 3 is 2.70 bits per heavy atom. The molecule has 2 aliphatic rings. The molecule has 27 heavy (non-hydrogen) atoms. The summed E-state index contributed by atoms with van der Waals surface area (Å²) < 4.78 is 23.3. The first-order valence-electron chi connectivity index (χ1n) is 9.39. The molecule has 0 bridgehead atoms. The third-order valence-corrected chi connectivity index (χ3v) is 7.10. The Morgan fingerprint density at radius 2 is 2.04 bits per heavy atom. The molecule has 1 aromatic carbocycles. The molecule has 2 amide bonds. The molecule has 0 spiro atoms. The van der Waals surface area contributed by atoms with Crippen molar-refractivity contribution < 1.29 is 18.0 Å². The molecule has 148 valence electrons. The molecule has 8 heteroatoms. The Balaban J connectivity index is 1.41. The first-order chi connectivity index (χ1) is 12.9. The van der Waals surface area contributed by atoms with Crippen LogP contribution in [0.15, 0.2) is 30.3 Å². The van der Waals surface area contributed by atoms with E-state index in [0.717, 1.165) is 18.7 Å². The number of hydrogen-bond acceptors (Lipinski definition) is 5. The molecule has 0 unspecified atom stereocenters. The first-order valence-corrected chi connectivity index (χ1v) is 11.2. The lowest BCUT2D eigenvalue weighted by atomic mass is 10.1. The van der Waals surface area contributed by atoms with Crippen molar-refractivity contribution in [1.29, 1.82) is 0 Å². The third-order valence-electron chi connectivity index (χ3n) is 5.34. The van der Waals surface area contributed by atoms with E-state index in [0.29, 0.717) is 19.5 Å². The normalized spacial score (nSPS) is 24.2. The summed E-state index contributed by atoms with van der Waals surface area (Å²) in [6.45, 7) is 1.70. The number of anilines is 1. The van der Waals surface area contributed by atoms with Crippen molar-refractivity contribution in [1.82, 2.24) is 10.2 Å². The van der Waals surface area contributed by atoms with Crippen LogP contribution in [0.5, 0.6) is 0 Å². The number of para-hydroxylation sites is 1. The van der Waals surface area contributed by atoms with E-state index >= 15 is 0 Å². The zero-order chi connectivity index (χ0) is 19.4. The Hall–Kier alpha value is -2.09. The Kier molecular flexibility index (Phi) is 6.04. The topological polar surface area (TPSA) is 86.8 Å². The molecule has 1 N–H and O–H groups in total. The summed E-state index contributed by atoms with van der Waals surface area (Å²) >= 11 is 0. The largest absolute Gasteiger partial charge is 0.375 e. The van der Waals surface area contributed by atoms with Gasteiger partial charge in [-0.1, -0.05) is 18.2 Å². The van der Waals surface area contributed by atoms with Gasteiger partial charge in [-0.3, -0.25) is 9.59 Å². The van der Waals surface area contributed by atoms with Gasteiger partial charge in [-0.15, -0.1) is 0 Å². The highest BCUT2D eigenvalue weighted by molar-refractivity contribution is 7.91. The van der Waals surface area contributed by atoms with Gasteiger partial charge in [-0.25, -0.2) is 8.42 Å². The van der Waals surface area contributed by atoms with E-state index < -0.39 is 9.84 Å². The summed E-state index contributed by atoms with van der Waals surface area (Å²) in [5.74, 6) is -0.450. The monoisotopic (exact) mass is 393 g/mol. The van der Waals surface area contributed by atoms with E-state index in [9.17, 15) is 18.0 Å². The summed E-state index contributed by atoms with van der Waals surface area (Å²) in [5, 5.41) is 2.92. The average molecular weight is 394 g/mol. The van der Waals surface area contributed by atoms with Gasteiger partial charge in [-0.05, 0) is 25.0 Å². The summed E-state index contributed by atoms with van der Waals surface area (Å²) in [4.78, 5) is 28.3. The van der Waals surface area contributed by atoms with Crippen LogP contribution in [0, 0.1) is 5.92 Å². The Labute approximate surface area is 160 Å². The number of benzene rings is 1. The highest BCUT2D eigenvalue weighted by Gasteiger charge is 2.41. The van der Waals surface area contributed by atoms with Crippen LogP contribution in [0.3, 0.4) is 0 Å². The summed E-state index contributed by atoms with van der Waals surface area (Å²) in [6, 6.07) is 9.78. The molecule has 2 aliphatic heterocycles. The zero-order valence-electron chi connectivity index (χ0n) is 15.6. The molecule has 3 rings (SSSR count). The summed E-state index contributed by atoms with van der Waals surface area (Å²) in [5.41, 5.74) is 1.13. The maximum Gasteiger partial charge on any atom is 0.225 e. The van der Waals surface area contributed by atoms with E-state index in [1.54, 1.807) is 4.90 Å². The summed E-state index contributed by atoms with van der Waals surface area (Å²) in [6.07, 6.45) is 1.46. The van der Waals surface area contributed by atoms with Crippen molar-refractivity contribution in [2.75, 3.05) is 43.1 Å². The predicted molar refractivity (Wildman–Crippen MR) is 104 cm³/mol. The van der Waals surface area contributed by atoms with Gasteiger partial charge in [0.25, 0.3) is 0 Å². The second kappa shape index (κ2) is 8.29. The van der Waals surface area contributed by atoms with E-state index in [-0.39, 0.29) is 41.7 Å². The lowest BCUT2D eigenvalue weighted by Gasteiger charge is -2.23. The smallest absolute Gasteiger partial charge is 0.225 e. The number of carbonyl (C=O) groups is 2. The number of sulfone groups is 1. The van der Waals surface area contributed by atoms with E-state index in [2.05, 4.69) is 10.2 Å². The lowest BCUT2D eigenvalue weighted by molar-refractivity contribution is -0.130. The molecule has 1 aromatic rings. The molecule has 2 saturated heterocycles. The maximum absolute atomic E-state index is 12.4. The number of carbonyl (C=O) groups excluding carboxylic acids is 2. The second-order valence-corrected chi connectivity index (χ2v) is 9.63. The van der Waals surface area contributed by atoms with Crippen molar-refractivity contribution in [3.05, 3.63) is 30.3 Å². The number of nitrogens with zero attached hydrogens (tertiary/aromatic N) is 2. The highest BCUT2D eigenvalue weighted by atomic mass is 32.2. The first kappa shape index (κ1) is 19.7. The van der Waals surface area contributed by atoms with E-state index in [1.807, 2.05) is 37.4 Å². The molecule has 0 aromatic heterocycles. The van der Waals surface area contributed by atoms with Crippen LogP contribution >= 0.6 is 0 Å². The SMILES string of the molecule is CN(CCCNC(=O)[C@@H]1CC(=O)N([C@@H]2CCS(=O)(=O)C2)C1)c1ccccc1. The van der Waals surface area contributed by atoms with Gasteiger partial charge in [-0.2, -0.15) is 0 Å². The predicted octanol–water partition coefficient (Wildman–Crippen LogP) is 0.665. The van der Waals surface area contributed by atoms with Crippen LogP contribution in [0.25, 0.3) is 0 Å². The minimum Gasteiger partial charge on any atom is -0.375 e. The van der Waals surface area contributed by atoms with Gasteiger partial charge in [0.2, 0.25) is 11.8 Å². The number of likely N-dealkylation sites (tertiary alicyclic amines) is 1. The van der Waals surface area contributed by atoms with Gasteiger partial charge in [0.05, 0.1) is 17.4 Å². The zero-order valence-corrected chi connectivity index (χ0v) is 16.5. The van der Waals surface area contributed by atoms with Crippen LogP contribution in [-0.2, 0) is 19.4 Å². The number of rotatable bonds is 7. The van der Waals surface area contributed by atoms with Gasteiger partial charge < -0.3 is 15.1 Å². The van der Waals surface area contributed by atoms with Gasteiger partial charge in [0.1, 0.15) is 0 Å². The average Bonchev–Trinajstić information content (AvgIpc) is 3.21. The highest BCUT2D eigenvalue weighted by Crippen LogP contribution is 2.26. The number of nitrogens with one attached hydrogen (secondary N) is 1. The molecule has 2 heterocycles. The molecule has 2 atom stereocenters. The standard InChI is InChI=1S/C19H27N3O4S/c1-21(16-6-3-2-4-7-16)10-5-9-20-19(24)15-12-18(23)22(13-15)17-8-11-27(25,26)14-17/h2-4,6-7,15,17H,5,8-14H2,1H3,(H,20,24)/t15-,17-/m1/s1. The lowest BCUT2D eigenvalue weighted by Crippen LogP contribution is -2.39. The van der Waals surface area contributed by atoms with Crippen LogP contribution in [0.4, 0.5) is 5.69 Å². The Morgan fingerprint density at radius 1 is 1.30 bits per heavy atom. The molecule has 7 nitrogen and oxygen atoms in total. The van der Waals surface area contributed by atoms with E-state index in [4.69, 9.17) is 0 Å². The van der Waals surface area contributed by atoms with Crippen molar-refractivity contribution in [2.45, 2.75) is 25.3 Å². The number of amides is 2. The van der Waals surface area contributed by atoms with Crippen molar-refractivity contribution >= 4 is 27.3 Å². The van der Waals surface area contributed by atoms with Crippen LogP contribution < -0.4 is 10.2 Å². The van der Waals surface area contributed by atoms with Gasteiger partial charge in [0.15, 0.2) is 9.84 Å². The van der Waals surface area contributed by atoms with Gasteiger partial charge >= 0.3 is 0 Å². The van der Waals surface area contributed by atoms with Crippen LogP contribution in [0.2, 0.25) is 0 Å². The quantitative estimate of drug-likeness (QED) is 0.688. The van der Waals surface area contributed by atoms with Crippen molar-refractivity contribution in [3.63, 3.8) is 0 Å². The van der Waals surface area contributed by atoms with Gasteiger partial charge in [0, 0.05) is 44.8 Å². The van der Waals surface area contributed by atoms with Crippen molar-refractivity contribution in [2.24, 2.45) is 5.92 Å². The maximum atomic E-state index is 12.4. The molecule has 0 saturated carbocycles. The number of hydrogen-bond donors (Lipinski definition) is 1. The fraction of sp³-hybridized carbons (Fsp3) is 0.579. The van der Waals surface area contributed by atoms with Crippen LogP contribution in [-0.4, -0.2) is 69.4 Å². The molecular formula is C19H27N3O4S. The molecule has 0 aliphatic carbocycles. The van der Waals surface area contributed by atoms with E-state index in [1.165, 1.54) is 0 Å².